The van der Waals surface area contributed by atoms with Gasteiger partial charge < -0.3 is 33.5 Å². The largest absolute Gasteiger partial charge is 0.462 e. The van der Waals surface area contributed by atoms with E-state index < -0.39 is 47.7 Å². The monoisotopic (exact) mass is 668 g/mol. The van der Waals surface area contributed by atoms with E-state index in [0.29, 0.717) is 37.2 Å². The van der Waals surface area contributed by atoms with Gasteiger partial charge in [-0.3, -0.25) is 9.59 Å². The minimum atomic E-state index is -1.67. The van der Waals surface area contributed by atoms with Crippen molar-refractivity contribution in [1.29, 1.82) is 0 Å². The van der Waals surface area contributed by atoms with Crippen LogP contribution in [0.15, 0.2) is 58.7 Å². The van der Waals surface area contributed by atoms with Crippen LogP contribution < -0.4 is 0 Å². The number of carbonyl (C=O) groups excluding carboxylic acids is 2. The maximum atomic E-state index is 14.2. The van der Waals surface area contributed by atoms with E-state index in [1.54, 1.807) is 13.2 Å². The van der Waals surface area contributed by atoms with Gasteiger partial charge in [-0.25, -0.2) is 0 Å². The number of rotatable bonds is 4. The Morgan fingerprint density at radius 1 is 1.12 bits per heavy atom. The molecular formula is C39H56O9. The summed E-state index contributed by atoms with van der Waals surface area (Å²) in [5.41, 5.74) is 1.76. The summed E-state index contributed by atoms with van der Waals surface area (Å²) in [7, 11) is 1.58. The number of hydrogen-bond donors (Lipinski definition) is 1. The Morgan fingerprint density at radius 3 is 2.56 bits per heavy atom. The van der Waals surface area contributed by atoms with E-state index >= 15 is 0 Å². The molecule has 1 aliphatic carbocycles. The number of carbonyl (C=O) groups is 2. The number of fused-ring (bicyclic) bond motifs is 2. The molecule has 0 amide bonds. The van der Waals surface area contributed by atoms with Crippen molar-refractivity contribution < 1.29 is 43.1 Å². The van der Waals surface area contributed by atoms with Crippen LogP contribution in [0.1, 0.15) is 87.5 Å². The fraction of sp³-hybridized carbons (Fsp3) is 0.692. The zero-order chi connectivity index (χ0) is 35.0. The molecule has 11 atom stereocenters. The van der Waals surface area contributed by atoms with Crippen LogP contribution in [0.4, 0.5) is 0 Å². The molecule has 0 saturated carbocycles. The number of aliphatic hydroxyl groups is 1. The first-order chi connectivity index (χ1) is 22.7. The van der Waals surface area contributed by atoms with Gasteiger partial charge in [-0.2, -0.15) is 0 Å². The van der Waals surface area contributed by atoms with Crippen LogP contribution in [0, 0.1) is 23.7 Å². The number of allylic oxidation sites excluding steroid dienone is 3. The van der Waals surface area contributed by atoms with Crippen molar-refractivity contribution >= 4 is 11.9 Å². The maximum Gasteiger partial charge on any atom is 0.316 e. The van der Waals surface area contributed by atoms with E-state index in [-0.39, 0.29) is 36.6 Å². The minimum Gasteiger partial charge on any atom is -0.462 e. The van der Waals surface area contributed by atoms with Gasteiger partial charge in [-0.1, -0.05) is 64.2 Å². The molecule has 4 heterocycles. The third-order valence-electron chi connectivity index (χ3n) is 11.0. The van der Waals surface area contributed by atoms with Crippen LogP contribution in [-0.2, 0) is 38.0 Å². The highest BCUT2D eigenvalue weighted by Crippen LogP contribution is 2.48. The van der Waals surface area contributed by atoms with E-state index in [1.165, 1.54) is 0 Å². The van der Waals surface area contributed by atoms with E-state index in [9.17, 15) is 14.7 Å². The third-order valence-corrected chi connectivity index (χ3v) is 11.0. The maximum absolute atomic E-state index is 14.2. The first-order valence-corrected chi connectivity index (χ1v) is 17.7. The lowest BCUT2D eigenvalue weighted by molar-refractivity contribution is -0.329. The summed E-state index contributed by atoms with van der Waals surface area (Å²) in [4.78, 5) is 27.1. The molecule has 5 aliphatic rings. The van der Waals surface area contributed by atoms with Crippen LogP contribution >= 0.6 is 0 Å². The van der Waals surface area contributed by atoms with Gasteiger partial charge in [0.25, 0.3) is 0 Å². The van der Waals surface area contributed by atoms with Gasteiger partial charge in [-0.15, -0.1) is 0 Å². The van der Waals surface area contributed by atoms with Crippen molar-refractivity contribution in [3.8, 4) is 0 Å². The Kier molecular flexibility index (Phi) is 11.3. The molecule has 9 nitrogen and oxygen atoms in total. The van der Waals surface area contributed by atoms with Crippen molar-refractivity contribution in [2.75, 3.05) is 13.7 Å². The second-order valence-electron chi connectivity index (χ2n) is 15.0. The lowest BCUT2D eigenvalue weighted by Gasteiger charge is -2.50. The van der Waals surface area contributed by atoms with E-state index in [1.807, 2.05) is 59.8 Å². The van der Waals surface area contributed by atoms with Crippen LogP contribution in [0.3, 0.4) is 0 Å². The Hall–Kier alpha value is -2.56. The molecule has 9 heteroatoms. The van der Waals surface area contributed by atoms with Crippen LogP contribution in [0.2, 0.25) is 0 Å². The Morgan fingerprint density at radius 2 is 1.88 bits per heavy atom. The Balaban J connectivity index is 1.58. The number of ether oxygens (including phenoxy) is 6. The predicted octanol–water partition coefficient (Wildman–Crippen LogP) is 6.31. The molecule has 0 aromatic heterocycles. The van der Waals surface area contributed by atoms with Gasteiger partial charge >= 0.3 is 11.9 Å². The highest BCUT2D eigenvalue weighted by atomic mass is 16.7. The average Bonchev–Trinajstić information content (AvgIpc) is 3.38. The molecule has 0 radical (unpaired) electrons. The van der Waals surface area contributed by atoms with E-state index in [2.05, 4.69) is 26.0 Å². The van der Waals surface area contributed by atoms with Gasteiger partial charge in [0.1, 0.15) is 35.9 Å². The summed E-state index contributed by atoms with van der Waals surface area (Å²) in [6.45, 7) is 16.0. The molecule has 1 spiro atoms. The minimum absolute atomic E-state index is 0.110. The second kappa shape index (κ2) is 14.7. The summed E-state index contributed by atoms with van der Waals surface area (Å²) >= 11 is 0. The second-order valence-corrected chi connectivity index (χ2v) is 15.0. The Labute approximate surface area is 286 Å². The summed E-state index contributed by atoms with van der Waals surface area (Å²) in [6, 6.07) is 0. The summed E-state index contributed by atoms with van der Waals surface area (Å²) in [6.07, 6.45) is 11.8. The van der Waals surface area contributed by atoms with E-state index in [4.69, 9.17) is 28.4 Å². The average molecular weight is 669 g/mol. The summed E-state index contributed by atoms with van der Waals surface area (Å²) in [5, 5.41) is 12.5. The van der Waals surface area contributed by atoms with Crippen molar-refractivity contribution in [1.82, 2.24) is 0 Å². The summed E-state index contributed by atoms with van der Waals surface area (Å²) in [5.74, 6) is -2.83. The SMILES string of the molecule is CC=C(C)C1OC2(CCC1C)CC1CC(CC=C(C)C(OC(=O)C(C)C)C(C)C=CC=C3COC4C(OC)C(C)=CC(C(=O)O1)C34O)O2. The zero-order valence-electron chi connectivity index (χ0n) is 30.2. The van der Waals surface area contributed by atoms with Crippen molar-refractivity contribution in [2.45, 2.75) is 136 Å². The van der Waals surface area contributed by atoms with Crippen molar-refractivity contribution in [3.63, 3.8) is 0 Å². The van der Waals surface area contributed by atoms with Gasteiger partial charge in [-0.05, 0) is 68.7 Å². The van der Waals surface area contributed by atoms with Gasteiger partial charge in [0, 0.05) is 32.3 Å². The fourth-order valence-electron chi connectivity index (χ4n) is 8.06. The Bertz CT molecular complexity index is 1370. The lowest BCUT2D eigenvalue weighted by atomic mass is 9.70. The van der Waals surface area contributed by atoms with Crippen LogP contribution in [-0.4, -0.2) is 78.8 Å². The standard InChI is InChI=1S/C39H56O9/c1-10-23(4)33-26(7)16-17-38(48-33)20-30-19-29(47-38)15-14-25(6)32(46-36(40)22(2)3)24(5)12-11-13-28-21-44-35-34(43-9)27(8)18-31(37(41)45-30)39(28,35)42/h10-14,18,22,24,26,29-35,42H,15-17,19-21H2,1-9H3. The highest BCUT2D eigenvalue weighted by molar-refractivity contribution is 5.78. The topological polar surface area (TPSA) is 110 Å². The molecule has 3 saturated heterocycles. The normalized spacial score (nSPS) is 40.9. The molecule has 2 bridgehead atoms. The molecule has 0 aromatic carbocycles. The smallest absolute Gasteiger partial charge is 0.316 e. The van der Waals surface area contributed by atoms with Crippen LogP contribution in [0.5, 0.6) is 0 Å². The summed E-state index contributed by atoms with van der Waals surface area (Å²) < 4.78 is 38.0. The van der Waals surface area contributed by atoms with Crippen molar-refractivity contribution in [3.05, 3.63) is 58.7 Å². The molecular weight excluding hydrogens is 612 g/mol. The van der Waals surface area contributed by atoms with Gasteiger partial charge in [0.2, 0.25) is 0 Å². The fourth-order valence-corrected chi connectivity index (χ4v) is 8.06. The molecule has 0 aromatic rings. The molecule has 4 aliphatic heterocycles. The first-order valence-electron chi connectivity index (χ1n) is 17.7. The van der Waals surface area contributed by atoms with Gasteiger partial charge in [0.15, 0.2) is 5.79 Å². The molecule has 266 valence electrons. The number of methoxy groups -OCH3 is 1. The van der Waals surface area contributed by atoms with Crippen molar-refractivity contribution in [2.24, 2.45) is 23.7 Å². The molecule has 5 rings (SSSR count). The number of esters is 2. The van der Waals surface area contributed by atoms with Gasteiger partial charge in [0.05, 0.1) is 24.7 Å². The molecule has 48 heavy (non-hydrogen) atoms. The van der Waals surface area contributed by atoms with E-state index in [0.717, 1.165) is 23.1 Å². The highest BCUT2D eigenvalue weighted by Gasteiger charge is 2.60. The van der Waals surface area contributed by atoms with Crippen LogP contribution in [0.25, 0.3) is 0 Å². The quantitative estimate of drug-likeness (QED) is 0.272. The lowest BCUT2D eigenvalue weighted by Crippen LogP contribution is -2.58. The predicted molar refractivity (Wildman–Crippen MR) is 182 cm³/mol. The zero-order valence-corrected chi connectivity index (χ0v) is 30.2. The number of hydrogen-bond acceptors (Lipinski definition) is 9. The first kappa shape index (κ1) is 36.7. The molecule has 11 unspecified atom stereocenters. The molecule has 3 fully saturated rings. The third kappa shape index (κ3) is 7.17. The molecule has 1 N–H and O–H groups in total.